The smallest absolute Gasteiger partial charge is 0.263 e. The van der Waals surface area contributed by atoms with Crippen molar-refractivity contribution < 1.29 is 18.7 Å². The summed E-state index contributed by atoms with van der Waals surface area (Å²) < 4.78 is 29.5. The second kappa shape index (κ2) is 9.49. The van der Waals surface area contributed by atoms with Crippen LogP contribution in [0.25, 0.3) is 10.4 Å². The summed E-state index contributed by atoms with van der Waals surface area (Å²) in [5, 5.41) is 18.8. The number of anilines is 1. The van der Waals surface area contributed by atoms with Crippen molar-refractivity contribution in [3.8, 4) is 10.4 Å². The Morgan fingerprint density at radius 1 is 1.26 bits per heavy atom. The topological polar surface area (TPSA) is 106 Å². The van der Waals surface area contributed by atoms with Crippen molar-refractivity contribution in [2.45, 2.75) is 25.1 Å². The lowest BCUT2D eigenvalue weighted by atomic mass is 9.86. The molecule has 1 amide bonds. The van der Waals surface area contributed by atoms with Crippen molar-refractivity contribution in [2.75, 3.05) is 5.73 Å². The van der Waals surface area contributed by atoms with Gasteiger partial charge in [-0.3, -0.25) is 4.79 Å². The molecule has 0 radical (unpaired) electrons. The van der Waals surface area contributed by atoms with E-state index >= 15 is 0 Å². The van der Waals surface area contributed by atoms with Gasteiger partial charge in [-0.25, -0.2) is 18.4 Å². The molecule has 2 unspecified atom stereocenters. The number of hydrogen-bond donors (Lipinski definition) is 3. The van der Waals surface area contributed by atoms with Gasteiger partial charge in [0.05, 0.1) is 18.3 Å². The Morgan fingerprint density at radius 3 is 2.65 bits per heavy atom. The number of amides is 1. The summed E-state index contributed by atoms with van der Waals surface area (Å²) in [5.74, 6) is -2.29. The molecule has 2 heterocycles. The van der Waals surface area contributed by atoms with E-state index in [0.717, 1.165) is 22.6 Å². The molecule has 0 aliphatic heterocycles. The number of thiophene rings is 1. The molecule has 2 atom stereocenters. The van der Waals surface area contributed by atoms with Crippen molar-refractivity contribution in [1.29, 1.82) is 0 Å². The molecule has 34 heavy (non-hydrogen) atoms. The molecule has 0 saturated heterocycles. The minimum atomic E-state index is -1.98. The molecular weight excluding hydrogens is 484 g/mol. The predicted molar refractivity (Wildman–Crippen MR) is 126 cm³/mol. The first-order valence-corrected chi connectivity index (χ1v) is 11.3. The van der Waals surface area contributed by atoms with Crippen LogP contribution in [0.15, 0.2) is 61.2 Å². The summed E-state index contributed by atoms with van der Waals surface area (Å²) in [6.45, 7) is 1.27. The van der Waals surface area contributed by atoms with E-state index in [9.17, 15) is 18.7 Å². The van der Waals surface area contributed by atoms with Crippen LogP contribution in [0.5, 0.6) is 0 Å². The van der Waals surface area contributed by atoms with E-state index in [0.29, 0.717) is 11.1 Å². The minimum Gasteiger partial charge on any atom is -0.397 e. The summed E-state index contributed by atoms with van der Waals surface area (Å²) in [4.78, 5) is 17.9. The van der Waals surface area contributed by atoms with Crippen molar-refractivity contribution in [3.63, 3.8) is 0 Å². The molecule has 7 nitrogen and oxygen atoms in total. The van der Waals surface area contributed by atoms with Crippen LogP contribution in [-0.4, -0.2) is 31.8 Å². The molecule has 0 fully saturated rings. The number of rotatable bonds is 7. The number of hydrogen-bond acceptors (Lipinski definition) is 6. The van der Waals surface area contributed by atoms with E-state index in [-0.39, 0.29) is 22.7 Å². The van der Waals surface area contributed by atoms with Crippen LogP contribution in [0.3, 0.4) is 0 Å². The number of nitrogens with two attached hydrogens (primary N) is 1. The number of aliphatic hydroxyl groups is 1. The van der Waals surface area contributed by atoms with Crippen molar-refractivity contribution in [1.82, 2.24) is 20.1 Å². The third-order valence-corrected chi connectivity index (χ3v) is 6.88. The lowest BCUT2D eigenvalue weighted by Crippen LogP contribution is -2.51. The van der Waals surface area contributed by atoms with Gasteiger partial charge in [-0.2, -0.15) is 5.10 Å². The third-order valence-electron chi connectivity index (χ3n) is 5.43. The predicted octanol–water partition coefficient (Wildman–Crippen LogP) is 4.23. The van der Waals surface area contributed by atoms with Gasteiger partial charge < -0.3 is 16.2 Å². The van der Waals surface area contributed by atoms with Crippen molar-refractivity contribution in [3.05, 3.63) is 88.3 Å². The number of nitrogen functional groups attached to an aromatic ring is 1. The molecule has 2 aromatic carbocycles. The van der Waals surface area contributed by atoms with Crippen LogP contribution >= 0.6 is 22.9 Å². The molecule has 0 bridgehead atoms. The SMILES string of the molecule is CC(NC(=O)c1sc(-c2ccc(Cl)cc2)cc1N)C(O)(Cn1cncn1)c1ccc(F)cc1F. The second-order valence-electron chi connectivity index (χ2n) is 7.74. The zero-order valence-electron chi connectivity index (χ0n) is 17.9. The first-order valence-electron chi connectivity index (χ1n) is 10.1. The highest BCUT2D eigenvalue weighted by Crippen LogP contribution is 2.35. The van der Waals surface area contributed by atoms with Crippen molar-refractivity contribution in [2.24, 2.45) is 0 Å². The van der Waals surface area contributed by atoms with Crippen LogP contribution < -0.4 is 11.1 Å². The lowest BCUT2D eigenvalue weighted by molar-refractivity contribution is -0.0185. The van der Waals surface area contributed by atoms with E-state index in [2.05, 4.69) is 15.4 Å². The van der Waals surface area contributed by atoms with Gasteiger partial charge in [0.1, 0.15) is 34.8 Å². The number of halogens is 3. The average Bonchev–Trinajstić information content (AvgIpc) is 3.43. The quantitative estimate of drug-likeness (QED) is 0.350. The maximum atomic E-state index is 14.7. The standard InChI is InChI=1S/C23H20ClF2N5O2S/c1-13(23(33,10-31-12-28-11-29-31)17-7-6-16(25)8-18(17)26)30-22(32)21-19(27)9-20(34-21)14-2-4-15(24)5-3-14/h2-9,11-13,33H,10,27H2,1H3,(H,30,32). The first kappa shape index (κ1) is 23.8. The molecule has 0 saturated carbocycles. The fraction of sp³-hybridized carbons (Fsp3) is 0.174. The summed E-state index contributed by atoms with van der Waals surface area (Å²) in [7, 11) is 0. The Balaban J connectivity index is 1.63. The summed E-state index contributed by atoms with van der Waals surface area (Å²) in [6, 6.07) is 10.6. The zero-order chi connectivity index (χ0) is 24.5. The van der Waals surface area contributed by atoms with Gasteiger partial charge >= 0.3 is 0 Å². The summed E-state index contributed by atoms with van der Waals surface area (Å²) in [5.41, 5.74) is 5.01. The van der Waals surface area contributed by atoms with Gasteiger partial charge in [0.25, 0.3) is 5.91 Å². The number of nitrogens with zero attached hydrogens (tertiary/aromatic N) is 3. The Bertz CT molecular complexity index is 1310. The van der Waals surface area contributed by atoms with E-state index in [4.69, 9.17) is 17.3 Å². The Morgan fingerprint density at radius 2 is 2.00 bits per heavy atom. The van der Waals surface area contributed by atoms with E-state index < -0.39 is 29.2 Å². The monoisotopic (exact) mass is 503 g/mol. The highest BCUT2D eigenvalue weighted by Gasteiger charge is 2.40. The molecule has 0 aliphatic rings. The average molecular weight is 504 g/mol. The summed E-state index contributed by atoms with van der Waals surface area (Å²) >= 11 is 7.11. The van der Waals surface area contributed by atoms with Gasteiger partial charge in [0.2, 0.25) is 0 Å². The minimum absolute atomic E-state index is 0.196. The molecule has 4 aromatic rings. The maximum Gasteiger partial charge on any atom is 0.263 e. The highest BCUT2D eigenvalue weighted by molar-refractivity contribution is 7.18. The molecule has 11 heteroatoms. The van der Waals surface area contributed by atoms with Crippen LogP contribution in [0.1, 0.15) is 22.2 Å². The molecule has 0 spiro atoms. The van der Waals surface area contributed by atoms with E-state index in [1.807, 2.05) is 12.1 Å². The van der Waals surface area contributed by atoms with Crippen LogP contribution in [0, 0.1) is 11.6 Å². The second-order valence-corrected chi connectivity index (χ2v) is 9.23. The molecule has 176 valence electrons. The van der Waals surface area contributed by atoms with Crippen LogP contribution in [-0.2, 0) is 12.1 Å². The Labute approximate surface area is 202 Å². The fourth-order valence-corrected chi connectivity index (χ4v) is 4.69. The first-order chi connectivity index (χ1) is 16.2. The van der Waals surface area contributed by atoms with Gasteiger partial charge in [0.15, 0.2) is 0 Å². The number of nitrogens with one attached hydrogen (secondary N) is 1. The fourth-order valence-electron chi connectivity index (χ4n) is 3.58. The van der Waals surface area contributed by atoms with Gasteiger partial charge in [0, 0.05) is 21.5 Å². The molecular formula is C23H20ClF2N5O2S. The molecule has 2 aromatic heterocycles. The van der Waals surface area contributed by atoms with E-state index in [1.165, 1.54) is 35.6 Å². The van der Waals surface area contributed by atoms with Crippen LogP contribution in [0.4, 0.5) is 14.5 Å². The van der Waals surface area contributed by atoms with E-state index in [1.54, 1.807) is 18.2 Å². The Hall–Kier alpha value is -3.34. The normalized spacial score (nSPS) is 13.9. The van der Waals surface area contributed by atoms with Crippen LogP contribution in [0.2, 0.25) is 5.02 Å². The largest absolute Gasteiger partial charge is 0.397 e. The van der Waals surface area contributed by atoms with Gasteiger partial charge in [-0.1, -0.05) is 29.8 Å². The van der Waals surface area contributed by atoms with Gasteiger partial charge in [-0.15, -0.1) is 11.3 Å². The van der Waals surface area contributed by atoms with Crippen molar-refractivity contribution >= 4 is 34.5 Å². The highest BCUT2D eigenvalue weighted by atomic mass is 35.5. The van der Waals surface area contributed by atoms with Gasteiger partial charge in [-0.05, 0) is 36.8 Å². The zero-order valence-corrected chi connectivity index (χ0v) is 19.4. The third kappa shape index (κ3) is 4.79. The molecule has 0 aliphatic carbocycles. The maximum absolute atomic E-state index is 14.7. The number of benzene rings is 2. The number of carbonyl (C=O) groups is 1. The molecule has 4 rings (SSSR count). The lowest BCUT2D eigenvalue weighted by Gasteiger charge is -2.35. The number of aromatic nitrogens is 3. The molecule has 4 N–H and O–H groups in total. The Kier molecular flexibility index (Phi) is 6.65. The summed E-state index contributed by atoms with van der Waals surface area (Å²) in [6.07, 6.45) is 2.60. The number of carbonyl (C=O) groups excluding carboxylic acids is 1.